The molecule has 32 heavy (non-hydrogen) atoms. The van der Waals surface area contributed by atoms with Crippen LogP contribution in [-0.2, 0) is 10.0 Å². The van der Waals surface area contributed by atoms with Crippen molar-refractivity contribution in [2.24, 2.45) is 0 Å². The van der Waals surface area contributed by atoms with Gasteiger partial charge in [0.1, 0.15) is 5.82 Å². The summed E-state index contributed by atoms with van der Waals surface area (Å²) in [6.07, 6.45) is 0. The summed E-state index contributed by atoms with van der Waals surface area (Å²) in [4.78, 5) is 24.5. The molecule has 3 N–H and O–H groups in total. The van der Waals surface area contributed by atoms with Crippen LogP contribution in [0.25, 0.3) is 0 Å². The number of hydrogen-bond donors (Lipinski definition) is 3. The Bertz CT molecular complexity index is 1300. The number of carbonyl (C=O) groups is 2. The minimum absolute atomic E-state index is 0.0144. The Morgan fingerprint density at radius 1 is 0.875 bits per heavy atom. The van der Waals surface area contributed by atoms with Crippen molar-refractivity contribution in [3.05, 3.63) is 88.2 Å². The van der Waals surface area contributed by atoms with Crippen molar-refractivity contribution in [2.45, 2.75) is 11.8 Å². The molecule has 166 valence electrons. The van der Waals surface area contributed by atoms with Gasteiger partial charge in [-0.25, -0.2) is 12.8 Å². The summed E-state index contributed by atoms with van der Waals surface area (Å²) >= 11 is 6.11. The van der Waals surface area contributed by atoms with Gasteiger partial charge < -0.3 is 10.6 Å². The lowest BCUT2D eigenvalue weighted by Gasteiger charge is -2.13. The van der Waals surface area contributed by atoms with E-state index in [4.69, 9.17) is 11.6 Å². The van der Waals surface area contributed by atoms with Crippen LogP contribution in [0.15, 0.2) is 65.6 Å². The Morgan fingerprint density at radius 2 is 1.47 bits per heavy atom. The number of nitrogens with one attached hydrogen (secondary N) is 3. The molecule has 0 aliphatic carbocycles. The van der Waals surface area contributed by atoms with Gasteiger partial charge in [0, 0.05) is 23.9 Å². The standard InChI is InChI=1S/C22H19ClFN3O4S/c1-13-3-4-14(21(28)25-2)11-19(13)26-22(29)15-5-10-18(23)20(12-15)27-32(30,31)17-8-6-16(24)7-9-17/h3-12,27H,1-2H3,(H,25,28)(H,26,29). The number of aryl methyl sites for hydroxylation is 1. The fraction of sp³-hybridized carbons (Fsp3) is 0.0909. The van der Waals surface area contributed by atoms with E-state index in [1.165, 1.54) is 25.2 Å². The van der Waals surface area contributed by atoms with E-state index in [9.17, 15) is 22.4 Å². The van der Waals surface area contributed by atoms with Crippen molar-refractivity contribution in [2.75, 3.05) is 17.1 Å². The summed E-state index contributed by atoms with van der Waals surface area (Å²) in [7, 11) is -2.55. The highest BCUT2D eigenvalue weighted by Crippen LogP contribution is 2.27. The zero-order chi connectivity index (χ0) is 23.5. The molecule has 0 atom stereocenters. The number of amides is 2. The maximum absolute atomic E-state index is 13.1. The van der Waals surface area contributed by atoms with Gasteiger partial charge in [0.15, 0.2) is 0 Å². The normalized spacial score (nSPS) is 11.0. The highest BCUT2D eigenvalue weighted by molar-refractivity contribution is 7.92. The van der Waals surface area contributed by atoms with Gasteiger partial charge in [-0.2, -0.15) is 0 Å². The first kappa shape index (κ1) is 23.2. The van der Waals surface area contributed by atoms with Crippen LogP contribution in [0.5, 0.6) is 0 Å². The average Bonchev–Trinajstić information content (AvgIpc) is 2.76. The summed E-state index contributed by atoms with van der Waals surface area (Å²) in [6, 6.07) is 13.3. The summed E-state index contributed by atoms with van der Waals surface area (Å²) < 4.78 is 40.6. The molecule has 3 aromatic rings. The Kier molecular flexibility index (Phi) is 6.81. The third kappa shape index (κ3) is 5.24. The van der Waals surface area contributed by atoms with Crippen LogP contribution < -0.4 is 15.4 Å². The number of halogens is 2. The molecular weight excluding hydrogens is 457 g/mol. The molecule has 0 heterocycles. The quantitative estimate of drug-likeness (QED) is 0.497. The van der Waals surface area contributed by atoms with Crippen LogP contribution in [0.1, 0.15) is 26.3 Å². The third-order valence-electron chi connectivity index (χ3n) is 4.57. The van der Waals surface area contributed by atoms with E-state index in [1.807, 2.05) is 0 Å². The van der Waals surface area contributed by atoms with E-state index in [2.05, 4.69) is 15.4 Å². The molecule has 0 saturated heterocycles. The Balaban J connectivity index is 1.86. The van der Waals surface area contributed by atoms with Gasteiger partial charge in [0.25, 0.3) is 21.8 Å². The predicted octanol–water partition coefficient (Wildman–Crippen LogP) is 4.20. The van der Waals surface area contributed by atoms with Crippen molar-refractivity contribution in [1.29, 1.82) is 0 Å². The number of hydrogen-bond acceptors (Lipinski definition) is 4. The molecule has 0 radical (unpaired) electrons. The third-order valence-corrected chi connectivity index (χ3v) is 6.28. The molecule has 0 unspecified atom stereocenters. The number of rotatable bonds is 6. The van der Waals surface area contributed by atoms with Gasteiger partial charge >= 0.3 is 0 Å². The molecule has 7 nitrogen and oxygen atoms in total. The zero-order valence-corrected chi connectivity index (χ0v) is 18.6. The molecule has 0 aliphatic rings. The Hall–Kier alpha value is -3.43. The molecule has 3 aromatic carbocycles. The predicted molar refractivity (Wildman–Crippen MR) is 121 cm³/mol. The first-order valence-electron chi connectivity index (χ1n) is 9.33. The number of anilines is 2. The van der Waals surface area contributed by atoms with Crippen molar-refractivity contribution in [3.63, 3.8) is 0 Å². The average molecular weight is 476 g/mol. The second kappa shape index (κ2) is 9.37. The fourth-order valence-electron chi connectivity index (χ4n) is 2.80. The van der Waals surface area contributed by atoms with Gasteiger partial charge in [-0.05, 0) is 67.1 Å². The molecule has 0 aliphatic heterocycles. The number of carbonyl (C=O) groups excluding carboxylic acids is 2. The van der Waals surface area contributed by atoms with Gasteiger partial charge in [-0.15, -0.1) is 0 Å². The van der Waals surface area contributed by atoms with E-state index in [0.29, 0.717) is 11.3 Å². The van der Waals surface area contributed by atoms with E-state index in [-0.39, 0.29) is 27.1 Å². The lowest BCUT2D eigenvalue weighted by atomic mass is 10.1. The Labute approximate surface area is 189 Å². The summed E-state index contributed by atoms with van der Waals surface area (Å²) in [6.45, 7) is 1.77. The maximum Gasteiger partial charge on any atom is 0.261 e. The molecule has 3 rings (SSSR count). The van der Waals surface area contributed by atoms with Gasteiger partial charge in [-0.3, -0.25) is 14.3 Å². The molecule has 0 bridgehead atoms. The highest BCUT2D eigenvalue weighted by Gasteiger charge is 2.18. The lowest BCUT2D eigenvalue weighted by molar-refractivity contribution is 0.0961. The topological polar surface area (TPSA) is 104 Å². The summed E-state index contributed by atoms with van der Waals surface area (Å²) in [5.74, 6) is -1.40. The van der Waals surface area contributed by atoms with Crippen LogP contribution in [0, 0.1) is 12.7 Å². The molecule has 0 saturated carbocycles. The van der Waals surface area contributed by atoms with Crippen LogP contribution in [0.4, 0.5) is 15.8 Å². The molecular formula is C22H19ClFN3O4S. The van der Waals surface area contributed by atoms with Crippen molar-refractivity contribution in [1.82, 2.24) is 5.32 Å². The van der Waals surface area contributed by atoms with Gasteiger partial charge in [0.2, 0.25) is 0 Å². The van der Waals surface area contributed by atoms with Crippen LogP contribution in [-0.4, -0.2) is 27.3 Å². The Morgan fingerprint density at radius 3 is 2.12 bits per heavy atom. The van der Waals surface area contributed by atoms with Gasteiger partial charge in [-0.1, -0.05) is 17.7 Å². The highest BCUT2D eigenvalue weighted by atomic mass is 35.5. The SMILES string of the molecule is CNC(=O)c1ccc(C)c(NC(=O)c2ccc(Cl)c(NS(=O)(=O)c3ccc(F)cc3)c2)c1. The molecule has 0 spiro atoms. The fourth-order valence-corrected chi connectivity index (χ4v) is 4.09. The largest absolute Gasteiger partial charge is 0.355 e. The van der Waals surface area contributed by atoms with E-state index in [0.717, 1.165) is 29.8 Å². The summed E-state index contributed by atoms with van der Waals surface area (Å²) in [5, 5.41) is 5.30. The second-order valence-corrected chi connectivity index (χ2v) is 8.91. The van der Waals surface area contributed by atoms with Gasteiger partial charge in [0.05, 0.1) is 15.6 Å². The monoisotopic (exact) mass is 475 g/mol. The van der Waals surface area contributed by atoms with Crippen molar-refractivity contribution in [3.8, 4) is 0 Å². The lowest BCUT2D eigenvalue weighted by Crippen LogP contribution is -2.19. The summed E-state index contributed by atoms with van der Waals surface area (Å²) in [5.41, 5.74) is 1.66. The van der Waals surface area contributed by atoms with Crippen molar-refractivity contribution < 1.29 is 22.4 Å². The van der Waals surface area contributed by atoms with Crippen LogP contribution in [0.3, 0.4) is 0 Å². The first-order chi connectivity index (χ1) is 15.1. The van der Waals surface area contributed by atoms with Crippen molar-refractivity contribution >= 4 is 44.8 Å². The van der Waals surface area contributed by atoms with Crippen LogP contribution >= 0.6 is 11.6 Å². The van der Waals surface area contributed by atoms with E-state index >= 15 is 0 Å². The zero-order valence-electron chi connectivity index (χ0n) is 17.1. The second-order valence-electron chi connectivity index (χ2n) is 6.82. The van der Waals surface area contributed by atoms with E-state index < -0.39 is 21.7 Å². The maximum atomic E-state index is 13.1. The number of benzene rings is 3. The van der Waals surface area contributed by atoms with Crippen LogP contribution in [0.2, 0.25) is 5.02 Å². The van der Waals surface area contributed by atoms with E-state index in [1.54, 1.807) is 25.1 Å². The minimum Gasteiger partial charge on any atom is -0.355 e. The molecule has 10 heteroatoms. The first-order valence-corrected chi connectivity index (χ1v) is 11.2. The smallest absolute Gasteiger partial charge is 0.261 e. The molecule has 0 aromatic heterocycles. The molecule has 0 fully saturated rings. The molecule has 2 amide bonds. The minimum atomic E-state index is -4.06. The number of sulfonamides is 1.